The van der Waals surface area contributed by atoms with Crippen LogP contribution in [-0.2, 0) is 9.53 Å². The molecule has 0 aliphatic carbocycles. The van der Waals surface area contributed by atoms with Crippen molar-refractivity contribution in [3.05, 3.63) is 41.7 Å². The minimum Gasteiger partial charge on any atom is -0.511 e. The van der Waals surface area contributed by atoms with Gasteiger partial charge in [-0.15, -0.1) is 0 Å². The smallest absolute Gasteiger partial charge is 0.260 e. The Hall–Kier alpha value is -2.34. The summed E-state index contributed by atoms with van der Waals surface area (Å²) in [4.78, 5) is 18.9. The molecular weight excluding hydrogens is 344 g/mol. The number of unbranched alkanes of at least 4 members (excludes halogenated alkanes) is 1. The van der Waals surface area contributed by atoms with Gasteiger partial charge in [-0.25, -0.2) is 0 Å². The summed E-state index contributed by atoms with van der Waals surface area (Å²) in [5.74, 6) is 0.564. The molecule has 6 heteroatoms. The highest BCUT2D eigenvalue weighted by molar-refractivity contribution is 6.21. The van der Waals surface area contributed by atoms with Gasteiger partial charge in [0.15, 0.2) is 0 Å². The van der Waals surface area contributed by atoms with Crippen LogP contribution in [-0.4, -0.2) is 54.7 Å². The second-order valence-electron chi connectivity index (χ2n) is 6.58. The number of aliphatic hydroxyl groups excluding tert-OH is 1. The van der Waals surface area contributed by atoms with Crippen LogP contribution in [0.2, 0.25) is 0 Å². The predicted octanol–water partition coefficient (Wildman–Crippen LogP) is 3.73. The molecule has 27 heavy (non-hydrogen) atoms. The lowest BCUT2D eigenvalue weighted by atomic mass is 10.1. The summed E-state index contributed by atoms with van der Waals surface area (Å²) in [7, 11) is 1.72. The highest BCUT2D eigenvalue weighted by atomic mass is 16.5. The molecule has 1 N–H and O–H groups in total. The molecule has 6 nitrogen and oxygen atoms in total. The fourth-order valence-corrected chi connectivity index (χ4v) is 2.95. The van der Waals surface area contributed by atoms with Crippen molar-refractivity contribution in [2.24, 2.45) is 4.99 Å². The quantitative estimate of drug-likeness (QED) is 0.556. The zero-order valence-electron chi connectivity index (χ0n) is 16.5. The number of rotatable bonds is 8. The van der Waals surface area contributed by atoms with Crippen LogP contribution in [0.15, 0.2) is 46.7 Å². The Bertz CT molecular complexity index is 670. The molecule has 0 saturated heterocycles. The van der Waals surface area contributed by atoms with Crippen LogP contribution in [0, 0.1) is 0 Å². The van der Waals surface area contributed by atoms with Crippen molar-refractivity contribution < 1.29 is 19.4 Å². The number of carbonyl (C=O) groups is 1. The van der Waals surface area contributed by atoms with Crippen molar-refractivity contribution in [1.82, 2.24) is 4.90 Å². The summed E-state index contributed by atoms with van der Waals surface area (Å²) >= 11 is 0. The first-order chi connectivity index (χ1) is 13.0. The van der Waals surface area contributed by atoms with Gasteiger partial charge in [0.2, 0.25) is 0 Å². The summed E-state index contributed by atoms with van der Waals surface area (Å²) in [5.41, 5.74) is 0.805. The molecule has 2 rings (SSSR count). The number of nitrogens with zero attached hydrogens (tertiary/aromatic N) is 2. The maximum absolute atomic E-state index is 12.9. The zero-order chi connectivity index (χ0) is 19.6. The van der Waals surface area contributed by atoms with E-state index >= 15 is 0 Å². The second kappa shape index (κ2) is 10.7. The number of hydrogen-bond acceptors (Lipinski definition) is 5. The molecular formula is C21H30N2O4. The third-order valence-corrected chi connectivity index (χ3v) is 4.52. The highest BCUT2D eigenvalue weighted by Crippen LogP contribution is 2.20. The van der Waals surface area contributed by atoms with Crippen LogP contribution in [0.4, 0.5) is 0 Å². The van der Waals surface area contributed by atoms with Gasteiger partial charge in [0.05, 0.1) is 18.7 Å². The lowest BCUT2D eigenvalue weighted by Gasteiger charge is -2.31. The van der Waals surface area contributed by atoms with Crippen molar-refractivity contribution in [1.29, 1.82) is 0 Å². The summed E-state index contributed by atoms with van der Waals surface area (Å²) < 4.78 is 11.4. The lowest BCUT2D eigenvalue weighted by molar-refractivity contribution is -0.141. The predicted molar refractivity (Wildman–Crippen MR) is 106 cm³/mol. The van der Waals surface area contributed by atoms with Crippen molar-refractivity contribution in [3.63, 3.8) is 0 Å². The Labute approximate surface area is 161 Å². The SMILES string of the molecule is CCCC[C@@H]1OCCC(O)=C(C(C)=NCCOc2ccccc2)C(=O)N1C. The molecule has 0 fully saturated rings. The largest absolute Gasteiger partial charge is 0.511 e. The Balaban J connectivity index is 2.03. The molecule has 1 aliphatic heterocycles. The number of aliphatic imine (C=N–C) groups is 1. The number of ether oxygens (including phenoxy) is 2. The molecule has 0 saturated carbocycles. The average Bonchev–Trinajstić information content (AvgIpc) is 2.67. The zero-order valence-corrected chi connectivity index (χ0v) is 16.5. The molecule has 0 radical (unpaired) electrons. The summed E-state index contributed by atoms with van der Waals surface area (Å²) in [6.07, 6.45) is 2.85. The van der Waals surface area contributed by atoms with Gasteiger partial charge in [-0.2, -0.15) is 0 Å². The third-order valence-electron chi connectivity index (χ3n) is 4.52. The van der Waals surface area contributed by atoms with Crippen molar-refractivity contribution >= 4 is 11.6 Å². The third kappa shape index (κ3) is 6.10. The van der Waals surface area contributed by atoms with E-state index in [9.17, 15) is 9.90 Å². The molecule has 148 valence electrons. The summed E-state index contributed by atoms with van der Waals surface area (Å²) in [6, 6.07) is 9.52. The fourth-order valence-electron chi connectivity index (χ4n) is 2.95. The molecule has 0 aromatic heterocycles. The Morgan fingerprint density at radius 2 is 2.11 bits per heavy atom. The van der Waals surface area contributed by atoms with E-state index in [2.05, 4.69) is 11.9 Å². The minimum atomic E-state index is -0.269. The Morgan fingerprint density at radius 3 is 2.81 bits per heavy atom. The van der Waals surface area contributed by atoms with E-state index in [0.717, 1.165) is 25.0 Å². The molecule has 1 atom stereocenters. The normalized spacial score (nSPS) is 19.1. The molecule has 1 aliphatic rings. The number of likely N-dealkylation sites (N-methyl/N-ethyl adjacent to an activating group) is 1. The number of hydrogen-bond donors (Lipinski definition) is 1. The van der Waals surface area contributed by atoms with E-state index < -0.39 is 0 Å². The van der Waals surface area contributed by atoms with Gasteiger partial charge in [-0.05, 0) is 31.9 Å². The molecule has 1 aromatic carbocycles. The van der Waals surface area contributed by atoms with Gasteiger partial charge in [0, 0.05) is 19.2 Å². The molecule has 0 bridgehead atoms. The van der Waals surface area contributed by atoms with Gasteiger partial charge in [0.1, 0.15) is 24.3 Å². The van der Waals surface area contributed by atoms with E-state index in [1.807, 2.05) is 30.3 Å². The van der Waals surface area contributed by atoms with Crippen molar-refractivity contribution in [3.8, 4) is 5.75 Å². The maximum atomic E-state index is 12.9. The first-order valence-corrected chi connectivity index (χ1v) is 9.54. The van der Waals surface area contributed by atoms with Crippen molar-refractivity contribution in [2.75, 3.05) is 26.8 Å². The minimum absolute atomic E-state index is 0.0334. The molecule has 1 heterocycles. The highest BCUT2D eigenvalue weighted by Gasteiger charge is 2.29. The second-order valence-corrected chi connectivity index (χ2v) is 6.58. The van der Waals surface area contributed by atoms with Crippen molar-refractivity contribution in [2.45, 2.75) is 45.8 Å². The monoisotopic (exact) mass is 374 g/mol. The maximum Gasteiger partial charge on any atom is 0.260 e. The van der Waals surface area contributed by atoms with E-state index in [4.69, 9.17) is 9.47 Å². The first-order valence-electron chi connectivity index (χ1n) is 9.54. The molecule has 0 spiro atoms. The molecule has 1 amide bonds. The van der Waals surface area contributed by atoms with Crippen LogP contribution < -0.4 is 4.74 Å². The van der Waals surface area contributed by atoms with Crippen LogP contribution in [0.3, 0.4) is 0 Å². The van der Waals surface area contributed by atoms with E-state index in [-0.39, 0.29) is 23.5 Å². The standard InChI is InChI=1S/C21H30N2O4/c1-4-5-11-19-23(3)21(25)20(18(24)12-14-27-19)16(2)22-13-15-26-17-9-7-6-8-10-17/h6-10,19,24H,4-5,11-15H2,1-3H3/t19-/m0/s1. The number of amides is 1. The Morgan fingerprint density at radius 1 is 1.37 bits per heavy atom. The summed E-state index contributed by atoms with van der Waals surface area (Å²) in [5, 5.41) is 10.4. The van der Waals surface area contributed by atoms with Crippen LogP contribution >= 0.6 is 0 Å². The Kier molecular flexibility index (Phi) is 8.33. The van der Waals surface area contributed by atoms with Crippen LogP contribution in [0.1, 0.15) is 39.5 Å². The van der Waals surface area contributed by atoms with E-state index in [1.165, 1.54) is 0 Å². The van der Waals surface area contributed by atoms with Gasteiger partial charge < -0.3 is 19.5 Å². The average molecular weight is 374 g/mol. The van der Waals surface area contributed by atoms with Gasteiger partial charge >= 0.3 is 0 Å². The number of benzene rings is 1. The fraction of sp³-hybridized carbons (Fsp3) is 0.524. The molecule has 0 unspecified atom stereocenters. The van der Waals surface area contributed by atoms with Gasteiger partial charge in [-0.1, -0.05) is 31.5 Å². The van der Waals surface area contributed by atoms with Gasteiger partial charge in [-0.3, -0.25) is 9.79 Å². The van der Waals surface area contributed by atoms with E-state index in [1.54, 1.807) is 18.9 Å². The molecule has 1 aromatic rings. The van der Waals surface area contributed by atoms with Crippen LogP contribution in [0.25, 0.3) is 0 Å². The topological polar surface area (TPSA) is 71.4 Å². The number of para-hydroxylation sites is 1. The van der Waals surface area contributed by atoms with Gasteiger partial charge in [0.25, 0.3) is 5.91 Å². The van der Waals surface area contributed by atoms with E-state index in [0.29, 0.717) is 31.9 Å². The number of carbonyl (C=O) groups excluding carboxylic acids is 1. The first kappa shape index (κ1) is 21.0. The lowest BCUT2D eigenvalue weighted by Crippen LogP contribution is -2.42. The summed E-state index contributed by atoms with van der Waals surface area (Å²) in [6.45, 7) is 5.05. The van der Waals surface area contributed by atoms with Crippen LogP contribution in [0.5, 0.6) is 5.75 Å². The number of aliphatic hydroxyl groups is 1.